The first-order valence-corrected chi connectivity index (χ1v) is 18.8. The molecule has 0 saturated heterocycles. The molecule has 0 fully saturated rings. The fourth-order valence-corrected chi connectivity index (χ4v) is 9.00. The van der Waals surface area contributed by atoms with Crippen molar-refractivity contribution in [1.82, 2.24) is 4.57 Å². The highest BCUT2D eigenvalue weighted by Crippen LogP contribution is 2.50. The van der Waals surface area contributed by atoms with Crippen LogP contribution in [0.25, 0.3) is 71.6 Å². The molecule has 254 valence electrons. The second-order valence-corrected chi connectivity index (χ2v) is 14.5. The number of rotatable bonds is 5. The molecular weight excluding hydrogens is 653 g/mol. The maximum absolute atomic E-state index is 2.54. The van der Waals surface area contributed by atoms with Gasteiger partial charge in [-0.25, -0.2) is 0 Å². The van der Waals surface area contributed by atoms with Crippen molar-refractivity contribution >= 4 is 44.0 Å². The highest BCUT2D eigenvalue weighted by Gasteiger charge is 2.37. The third-order valence-electron chi connectivity index (χ3n) is 11.5. The van der Waals surface area contributed by atoms with Crippen LogP contribution in [0.5, 0.6) is 0 Å². The summed E-state index contributed by atoms with van der Waals surface area (Å²) < 4.78 is 2.41. The minimum atomic E-state index is 0.210. The lowest BCUT2D eigenvalue weighted by Crippen LogP contribution is -2.28. The number of benzene rings is 8. The molecule has 11 rings (SSSR count). The van der Waals surface area contributed by atoms with E-state index in [1.165, 1.54) is 88.6 Å². The Hall–Kier alpha value is -6.90. The molecule has 0 amide bonds. The minimum Gasteiger partial charge on any atom is -0.333 e. The molecular formula is C52H36N2. The average Bonchev–Trinajstić information content (AvgIpc) is 3.76. The molecule has 2 unspecified atom stereocenters. The Bertz CT molecular complexity index is 2960. The van der Waals surface area contributed by atoms with Crippen molar-refractivity contribution in [3.8, 4) is 39.1 Å². The van der Waals surface area contributed by atoms with Crippen LogP contribution in [0.1, 0.15) is 11.5 Å². The highest BCUT2D eigenvalue weighted by atomic mass is 15.2. The number of hydrogen-bond donors (Lipinski definition) is 0. The van der Waals surface area contributed by atoms with Crippen LogP contribution in [-0.2, 0) is 0 Å². The summed E-state index contributed by atoms with van der Waals surface area (Å²) in [5.74, 6) is 0.267. The van der Waals surface area contributed by atoms with Gasteiger partial charge < -0.3 is 9.47 Å². The lowest BCUT2D eigenvalue weighted by molar-refractivity contribution is 0.745. The van der Waals surface area contributed by atoms with Crippen molar-refractivity contribution in [2.75, 3.05) is 4.90 Å². The van der Waals surface area contributed by atoms with Gasteiger partial charge in [0.2, 0.25) is 0 Å². The van der Waals surface area contributed by atoms with E-state index in [-0.39, 0.29) is 12.0 Å². The molecule has 0 bridgehead atoms. The number of allylic oxidation sites excluding steroid dienone is 2. The van der Waals surface area contributed by atoms with Gasteiger partial charge in [-0.1, -0.05) is 152 Å². The zero-order valence-corrected chi connectivity index (χ0v) is 29.7. The summed E-state index contributed by atoms with van der Waals surface area (Å²) in [6.07, 6.45) is 9.15. The number of nitrogens with zero attached hydrogens (tertiary/aromatic N) is 2. The first-order chi connectivity index (χ1) is 26.8. The molecule has 2 heterocycles. The normalized spacial score (nSPS) is 16.0. The van der Waals surface area contributed by atoms with Crippen molar-refractivity contribution in [3.05, 3.63) is 212 Å². The maximum atomic E-state index is 2.54. The molecule has 1 aliphatic heterocycles. The van der Waals surface area contributed by atoms with Gasteiger partial charge in [-0.3, -0.25) is 0 Å². The first-order valence-electron chi connectivity index (χ1n) is 18.8. The Labute approximate surface area is 315 Å². The topological polar surface area (TPSA) is 8.17 Å². The standard InChI is InChI=1S/C52H36N2/c1-2-14-36(15-3-1)43-19-6-7-20-44(43)40-17-12-18-41(32-40)53-49-23-10-8-21-45(49)47-33-38(26-29-51(47)53)39-27-30-52-48(34-39)46-22-9-11-24-50(46)54(52)42-28-25-35-13-4-5-16-37(35)31-42/h1-34,45,49H. The summed E-state index contributed by atoms with van der Waals surface area (Å²) >= 11 is 0. The Kier molecular flexibility index (Phi) is 7.03. The molecule has 0 radical (unpaired) electrons. The van der Waals surface area contributed by atoms with Gasteiger partial charge in [0.15, 0.2) is 0 Å². The molecule has 2 atom stereocenters. The van der Waals surface area contributed by atoms with Crippen molar-refractivity contribution in [2.24, 2.45) is 0 Å². The Morgan fingerprint density at radius 1 is 0.389 bits per heavy atom. The molecule has 8 aromatic carbocycles. The number of aromatic nitrogens is 1. The monoisotopic (exact) mass is 688 g/mol. The summed E-state index contributed by atoms with van der Waals surface area (Å²) in [4.78, 5) is 2.54. The molecule has 54 heavy (non-hydrogen) atoms. The molecule has 0 saturated carbocycles. The molecule has 0 N–H and O–H groups in total. The number of para-hydroxylation sites is 1. The summed E-state index contributed by atoms with van der Waals surface area (Å²) in [5, 5.41) is 5.04. The quantitative estimate of drug-likeness (QED) is 0.175. The van der Waals surface area contributed by atoms with E-state index in [4.69, 9.17) is 0 Å². The van der Waals surface area contributed by atoms with Crippen molar-refractivity contribution < 1.29 is 0 Å². The highest BCUT2D eigenvalue weighted by molar-refractivity contribution is 6.10. The maximum Gasteiger partial charge on any atom is 0.0629 e. The van der Waals surface area contributed by atoms with Crippen LogP contribution in [0.15, 0.2) is 206 Å². The van der Waals surface area contributed by atoms with E-state index in [0.717, 1.165) is 0 Å². The zero-order valence-electron chi connectivity index (χ0n) is 29.7. The molecule has 2 nitrogen and oxygen atoms in total. The zero-order chi connectivity index (χ0) is 35.6. The largest absolute Gasteiger partial charge is 0.333 e. The van der Waals surface area contributed by atoms with E-state index in [0.29, 0.717) is 0 Å². The van der Waals surface area contributed by atoms with Crippen LogP contribution in [0.4, 0.5) is 11.4 Å². The van der Waals surface area contributed by atoms with E-state index < -0.39 is 0 Å². The summed E-state index contributed by atoms with van der Waals surface area (Å²) in [6.45, 7) is 0. The van der Waals surface area contributed by atoms with Crippen LogP contribution < -0.4 is 4.90 Å². The van der Waals surface area contributed by atoms with Gasteiger partial charge in [0, 0.05) is 33.8 Å². The predicted octanol–water partition coefficient (Wildman–Crippen LogP) is 13.7. The summed E-state index contributed by atoms with van der Waals surface area (Å²) in [6, 6.07) is 67.0. The SMILES string of the molecule is C1=CC2c3cc(-c4ccc5c(c4)c4ccccc4n5-c4ccc5ccccc5c4)ccc3N(c3cccc(-c4ccccc4-c4ccccc4)c3)C2C=C1. The van der Waals surface area contributed by atoms with Crippen LogP contribution in [-0.4, -0.2) is 10.6 Å². The van der Waals surface area contributed by atoms with E-state index in [9.17, 15) is 0 Å². The lowest BCUT2D eigenvalue weighted by Gasteiger charge is -2.29. The summed E-state index contributed by atoms with van der Waals surface area (Å²) in [5.41, 5.74) is 14.9. The fourth-order valence-electron chi connectivity index (χ4n) is 9.00. The van der Waals surface area contributed by atoms with Gasteiger partial charge in [0.1, 0.15) is 0 Å². The Morgan fingerprint density at radius 3 is 2.00 bits per heavy atom. The van der Waals surface area contributed by atoms with Crippen molar-refractivity contribution in [2.45, 2.75) is 12.0 Å². The first kappa shape index (κ1) is 30.7. The predicted molar refractivity (Wildman–Crippen MR) is 228 cm³/mol. The van der Waals surface area contributed by atoms with Gasteiger partial charge in [-0.15, -0.1) is 0 Å². The van der Waals surface area contributed by atoms with Crippen molar-refractivity contribution in [1.29, 1.82) is 0 Å². The third-order valence-corrected chi connectivity index (χ3v) is 11.5. The van der Waals surface area contributed by atoms with Gasteiger partial charge in [0.05, 0.1) is 17.1 Å². The van der Waals surface area contributed by atoms with E-state index in [1.807, 2.05) is 0 Å². The van der Waals surface area contributed by atoms with Gasteiger partial charge in [-0.05, 0) is 104 Å². The third kappa shape index (κ3) is 4.88. The minimum absolute atomic E-state index is 0.210. The van der Waals surface area contributed by atoms with Crippen LogP contribution in [0.2, 0.25) is 0 Å². The van der Waals surface area contributed by atoms with E-state index in [2.05, 4.69) is 216 Å². The Balaban J connectivity index is 1.01. The van der Waals surface area contributed by atoms with Gasteiger partial charge in [-0.2, -0.15) is 0 Å². The fraction of sp³-hybridized carbons (Fsp3) is 0.0385. The van der Waals surface area contributed by atoms with Crippen LogP contribution in [0.3, 0.4) is 0 Å². The second-order valence-electron chi connectivity index (χ2n) is 14.5. The number of fused-ring (bicyclic) bond motifs is 7. The van der Waals surface area contributed by atoms with E-state index >= 15 is 0 Å². The van der Waals surface area contributed by atoms with Gasteiger partial charge in [0.25, 0.3) is 0 Å². The molecule has 2 aliphatic rings. The Morgan fingerprint density at radius 2 is 1.09 bits per heavy atom. The molecule has 2 heteroatoms. The molecule has 1 aliphatic carbocycles. The van der Waals surface area contributed by atoms with Crippen LogP contribution in [0, 0.1) is 0 Å². The summed E-state index contributed by atoms with van der Waals surface area (Å²) in [7, 11) is 0. The average molecular weight is 689 g/mol. The lowest BCUT2D eigenvalue weighted by atomic mass is 9.89. The van der Waals surface area contributed by atoms with Crippen LogP contribution >= 0.6 is 0 Å². The van der Waals surface area contributed by atoms with Gasteiger partial charge >= 0.3 is 0 Å². The molecule has 1 aromatic heterocycles. The molecule has 9 aromatic rings. The molecule has 0 spiro atoms. The second kappa shape index (κ2) is 12.4. The van der Waals surface area contributed by atoms with E-state index in [1.54, 1.807) is 0 Å². The number of hydrogen-bond acceptors (Lipinski definition) is 1. The number of anilines is 2. The smallest absolute Gasteiger partial charge is 0.0629 e. The van der Waals surface area contributed by atoms with Crippen molar-refractivity contribution in [3.63, 3.8) is 0 Å².